The van der Waals surface area contributed by atoms with Crippen molar-refractivity contribution in [1.82, 2.24) is 5.48 Å². The molecule has 0 unspecified atom stereocenters. The van der Waals surface area contributed by atoms with E-state index in [2.05, 4.69) is 10.5 Å². The number of primary amides is 1. The van der Waals surface area contributed by atoms with Crippen LogP contribution in [0.15, 0.2) is 0 Å². The second-order valence-electron chi connectivity index (χ2n) is 0.910. The van der Waals surface area contributed by atoms with E-state index < -0.39 is 13.4 Å². The first-order valence-corrected chi connectivity index (χ1v) is 1.70. The van der Waals surface area contributed by atoms with E-state index in [4.69, 9.17) is 10.0 Å². The number of carbonyl (C=O) groups is 1. The van der Waals surface area contributed by atoms with Crippen molar-refractivity contribution >= 4 is 13.4 Å². The lowest BCUT2D eigenvalue weighted by Crippen LogP contribution is -2.35. The van der Waals surface area contributed by atoms with E-state index in [1.54, 1.807) is 0 Å². The fraction of sp³-hybridized carbons (Fsp3) is 0. The van der Waals surface area contributed by atoms with Gasteiger partial charge in [-0.2, -0.15) is 0 Å². The van der Waals surface area contributed by atoms with Crippen LogP contribution in [0.4, 0.5) is 4.79 Å². The number of nitrogens with two attached hydrogens (primary N) is 1. The molecule has 7 heteroatoms. The van der Waals surface area contributed by atoms with Crippen molar-refractivity contribution in [3.05, 3.63) is 0 Å². The number of nitrogens with one attached hydrogen (secondary N) is 1. The first-order chi connectivity index (χ1) is 3.63. The maximum atomic E-state index is 9.67. The van der Waals surface area contributed by atoms with E-state index in [0.29, 0.717) is 0 Å². The lowest BCUT2D eigenvalue weighted by Gasteiger charge is -1.97. The normalized spacial score (nSPS) is 8.25. The molecule has 0 aromatic heterocycles. The molecule has 6 nitrogen and oxygen atoms in total. The fourth-order valence-electron chi connectivity index (χ4n) is 0.111. The zero-order valence-corrected chi connectivity index (χ0v) is 3.87. The number of rotatable bonds is 2. The molecule has 0 aliphatic carbocycles. The minimum Gasteiger partial charge on any atom is -0.400 e. The van der Waals surface area contributed by atoms with Gasteiger partial charge in [0.15, 0.2) is 0 Å². The van der Waals surface area contributed by atoms with E-state index in [1.807, 2.05) is 0 Å². The summed E-state index contributed by atoms with van der Waals surface area (Å²) in [5.74, 6) is 0. The van der Waals surface area contributed by atoms with E-state index in [0.717, 1.165) is 0 Å². The minimum absolute atomic E-state index is 0.988. The Morgan fingerprint density at radius 1 is 1.75 bits per heavy atom. The monoisotopic (exact) mass is 120 g/mol. The number of hydroxylamine groups is 1. The highest BCUT2D eigenvalue weighted by molar-refractivity contribution is 6.32. The summed E-state index contributed by atoms with van der Waals surface area (Å²) in [6.45, 7) is 0. The maximum Gasteiger partial charge on any atom is 0.656 e. The third kappa shape index (κ3) is 5.21. The first kappa shape index (κ1) is 7.21. The Morgan fingerprint density at radius 3 is 2.38 bits per heavy atom. The topological polar surface area (TPSA) is 105 Å². The fourth-order valence-corrected chi connectivity index (χ4v) is 0.111. The van der Waals surface area contributed by atoms with E-state index >= 15 is 0 Å². The predicted molar refractivity (Wildman–Crippen MR) is 24.0 cm³/mol. The number of amides is 2. The van der Waals surface area contributed by atoms with Gasteiger partial charge in [0.1, 0.15) is 0 Å². The molecule has 0 aliphatic rings. The highest BCUT2D eigenvalue weighted by Crippen LogP contribution is 1.64. The van der Waals surface area contributed by atoms with Crippen molar-refractivity contribution in [3.8, 4) is 0 Å². The lowest BCUT2D eigenvalue weighted by atomic mass is 10.3. The van der Waals surface area contributed by atoms with Gasteiger partial charge in [-0.05, 0) is 0 Å². The molecule has 0 aliphatic heterocycles. The molecule has 0 fully saturated rings. The maximum absolute atomic E-state index is 9.67. The summed E-state index contributed by atoms with van der Waals surface area (Å²) in [5.41, 5.74) is 5.93. The van der Waals surface area contributed by atoms with Crippen LogP contribution in [0, 0.1) is 0 Å². The van der Waals surface area contributed by atoms with Crippen LogP contribution in [-0.4, -0.2) is 23.4 Å². The van der Waals surface area contributed by atoms with Gasteiger partial charge in [0, 0.05) is 0 Å². The molecule has 0 spiro atoms. The summed E-state index contributed by atoms with van der Waals surface area (Å²) in [5, 5.41) is 15.7. The average molecular weight is 120 g/mol. The second kappa shape index (κ2) is 3.25. The predicted octanol–water partition coefficient (Wildman–Crippen LogP) is -2.44. The Bertz CT molecular complexity index is 84.1. The molecular weight excluding hydrogens is 115 g/mol. The third-order valence-corrected chi connectivity index (χ3v) is 0.265. The van der Waals surface area contributed by atoms with Gasteiger partial charge in [-0.3, -0.25) is 4.76 Å². The van der Waals surface area contributed by atoms with Crippen molar-refractivity contribution in [2.45, 2.75) is 0 Å². The van der Waals surface area contributed by atoms with Gasteiger partial charge in [0.2, 0.25) is 0 Å². The van der Waals surface area contributed by atoms with Crippen molar-refractivity contribution in [1.29, 1.82) is 0 Å². The van der Waals surface area contributed by atoms with Crippen LogP contribution in [0.3, 0.4) is 0 Å². The van der Waals surface area contributed by atoms with Gasteiger partial charge in [-0.15, -0.1) is 0 Å². The highest BCUT2D eigenvalue weighted by Gasteiger charge is 2.08. The molecular formula is CH5BN2O4. The van der Waals surface area contributed by atoms with Crippen LogP contribution in [0.5, 0.6) is 0 Å². The Balaban J connectivity index is 3.05. The molecule has 46 valence electrons. The third-order valence-electron chi connectivity index (χ3n) is 0.265. The lowest BCUT2D eigenvalue weighted by molar-refractivity contribution is 0.123. The molecule has 0 aromatic rings. The number of hydrogen-bond donors (Lipinski definition) is 4. The summed E-state index contributed by atoms with van der Waals surface area (Å²) in [6, 6.07) is -0.988. The van der Waals surface area contributed by atoms with Crippen LogP contribution in [0.2, 0.25) is 0 Å². The van der Waals surface area contributed by atoms with Gasteiger partial charge < -0.3 is 15.8 Å². The molecule has 0 aromatic carbocycles. The largest absolute Gasteiger partial charge is 0.656 e. The van der Waals surface area contributed by atoms with Crippen molar-refractivity contribution in [3.63, 3.8) is 0 Å². The van der Waals surface area contributed by atoms with E-state index in [1.165, 1.54) is 5.48 Å². The van der Waals surface area contributed by atoms with Gasteiger partial charge >= 0.3 is 13.4 Å². The Hall–Kier alpha value is -0.785. The smallest absolute Gasteiger partial charge is 0.400 e. The zero-order valence-electron chi connectivity index (χ0n) is 3.87. The Labute approximate surface area is 45.4 Å². The standard InChI is InChI=1S/CH5BN2O4/c3-1(5)4-8-2(6)7/h6-7H,(H3,3,4,5). The van der Waals surface area contributed by atoms with Crippen LogP contribution < -0.4 is 11.2 Å². The van der Waals surface area contributed by atoms with Gasteiger partial charge in [-0.25, -0.2) is 10.3 Å². The Kier molecular flexibility index (Phi) is 2.93. The van der Waals surface area contributed by atoms with E-state index in [-0.39, 0.29) is 0 Å². The van der Waals surface area contributed by atoms with Crippen LogP contribution >= 0.6 is 0 Å². The van der Waals surface area contributed by atoms with Crippen molar-refractivity contribution in [2.75, 3.05) is 0 Å². The van der Waals surface area contributed by atoms with Crippen molar-refractivity contribution in [2.24, 2.45) is 5.73 Å². The number of hydrogen-bond acceptors (Lipinski definition) is 4. The zero-order chi connectivity index (χ0) is 6.57. The number of carbonyl (C=O) groups excluding carboxylic acids is 1. The highest BCUT2D eigenvalue weighted by atomic mass is 16.7. The van der Waals surface area contributed by atoms with Crippen LogP contribution in [0.25, 0.3) is 0 Å². The molecule has 5 N–H and O–H groups in total. The minimum atomic E-state index is -2.03. The van der Waals surface area contributed by atoms with Gasteiger partial charge in [0.05, 0.1) is 0 Å². The van der Waals surface area contributed by atoms with Crippen molar-refractivity contribution < 1.29 is 19.6 Å². The van der Waals surface area contributed by atoms with E-state index in [9.17, 15) is 4.79 Å². The summed E-state index contributed by atoms with van der Waals surface area (Å²) in [6.07, 6.45) is 0. The molecule has 0 heterocycles. The molecule has 0 atom stereocenters. The molecule has 0 saturated carbocycles. The molecule has 0 rings (SSSR count). The first-order valence-electron chi connectivity index (χ1n) is 1.70. The SMILES string of the molecule is NC(=O)NOB(O)O. The Morgan fingerprint density at radius 2 is 2.25 bits per heavy atom. The number of urea groups is 1. The summed E-state index contributed by atoms with van der Waals surface area (Å²) in [4.78, 5) is 9.67. The quantitative estimate of drug-likeness (QED) is 0.240. The molecule has 2 amide bonds. The van der Waals surface area contributed by atoms with Crippen LogP contribution in [-0.2, 0) is 4.76 Å². The van der Waals surface area contributed by atoms with Gasteiger partial charge in [0.25, 0.3) is 0 Å². The summed E-state index contributed by atoms with van der Waals surface area (Å²) in [7, 11) is -2.03. The molecule has 8 heavy (non-hydrogen) atoms. The molecule has 0 bridgehead atoms. The second-order valence-corrected chi connectivity index (χ2v) is 0.910. The van der Waals surface area contributed by atoms with Gasteiger partial charge in [-0.1, -0.05) is 0 Å². The average Bonchev–Trinajstić information content (AvgIpc) is 1.61. The summed E-state index contributed by atoms with van der Waals surface area (Å²) >= 11 is 0. The summed E-state index contributed by atoms with van der Waals surface area (Å²) < 4.78 is 3.69. The van der Waals surface area contributed by atoms with Crippen LogP contribution in [0.1, 0.15) is 0 Å². The molecule has 0 saturated heterocycles. The molecule has 0 radical (unpaired) electrons.